The van der Waals surface area contributed by atoms with Gasteiger partial charge in [-0.2, -0.15) is 4.31 Å². The molecule has 1 aromatic heterocycles. The van der Waals surface area contributed by atoms with Crippen LogP contribution in [0, 0.1) is 11.8 Å². The molecule has 0 atom stereocenters. The summed E-state index contributed by atoms with van der Waals surface area (Å²) in [5.74, 6) is 0.0405. The lowest BCUT2D eigenvalue weighted by Crippen LogP contribution is -2.38. The standard InChI is InChI=1S/C27H35BrCl2N4O6S2/c28-23-16-22(18-31-27(23)30)42(39,40)34-14-9-20(10-15-34)3-1-2-19-7-12-33(13-8-19)25-5-4-21(17-24(25)29)41(37,38)32-11-6-26(35)36/h4-5,16-20,32H,1-3,6-15H2,(H,35,36). The average molecular weight is 727 g/mol. The number of hydrogen-bond donors (Lipinski definition) is 2. The number of pyridine rings is 1. The van der Waals surface area contributed by atoms with Crippen LogP contribution in [-0.2, 0) is 24.8 Å². The number of hydrogen-bond acceptors (Lipinski definition) is 7. The number of aromatic nitrogens is 1. The number of piperidine rings is 2. The van der Waals surface area contributed by atoms with E-state index in [4.69, 9.17) is 28.3 Å². The smallest absolute Gasteiger partial charge is 0.304 e. The van der Waals surface area contributed by atoms with E-state index in [1.165, 1.54) is 24.4 Å². The number of rotatable bonds is 12. The molecule has 0 bridgehead atoms. The van der Waals surface area contributed by atoms with E-state index in [1.807, 2.05) is 0 Å². The summed E-state index contributed by atoms with van der Waals surface area (Å²) in [5.41, 5.74) is 0.794. The molecule has 0 saturated carbocycles. The van der Waals surface area contributed by atoms with Crippen molar-refractivity contribution >= 4 is 70.8 Å². The van der Waals surface area contributed by atoms with Crippen LogP contribution in [0.25, 0.3) is 0 Å². The highest BCUT2D eigenvalue weighted by Gasteiger charge is 2.30. The van der Waals surface area contributed by atoms with Crippen molar-refractivity contribution in [2.75, 3.05) is 37.6 Å². The lowest BCUT2D eigenvalue weighted by molar-refractivity contribution is -0.136. The van der Waals surface area contributed by atoms with Gasteiger partial charge in [0.05, 0.1) is 26.5 Å². The summed E-state index contributed by atoms with van der Waals surface area (Å²) < 4.78 is 55.2. The molecule has 4 rings (SSSR count). The molecular weight excluding hydrogens is 691 g/mol. The van der Waals surface area contributed by atoms with Gasteiger partial charge in [0.15, 0.2) is 0 Å². The summed E-state index contributed by atoms with van der Waals surface area (Å²) >= 11 is 15.6. The summed E-state index contributed by atoms with van der Waals surface area (Å²) in [5, 5.41) is 9.30. The number of aliphatic carboxylic acids is 1. The van der Waals surface area contributed by atoms with Gasteiger partial charge in [-0.3, -0.25) is 4.79 Å². The number of carboxylic acids is 1. The molecule has 0 spiro atoms. The molecule has 15 heteroatoms. The summed E-state index contributed by atoms with van der Waals surface area (Å²) in [6.45, 7) is 2.49. The molecule has 2 aliphatic heterocycles. The number of carbonyl (C=O) groups is 1. The Morgan fingerprint density at radius 3 is 2.17 bits per heavy atom. The van der Waals surface area contributed by atoms with Crippen LogP contribution in [0.4, 0.5) is 5.69 Å². The summed E-state index contributed by atoms with van der Waals surface area (Å²) in [7, 11) is -7.43. The zero-order valence-electron chi connectivity index (χ0n) is 23.0. The van der Waals surface area contributed by atoms with Gasteiger partial charge in [0.1, 0.15) is 10.0 Å². The molecular formula is C27H35BrCl2N4O6S2. The summed E-state index contributed by atoms with van der Waals surface area (Å²) in [6.07, 6.45) is 8.07. The topological polar surface area (TPSA) is 137 Å². The summed E-state index contributed by atoms with van der Waals surface area (Å²) in [6, 6.07) is 6.12. The van der Waals surface area contributed by atoms with Gasteiger partial charge in [0.25, 0.3) is 0 Å². The van der Waals surface area contributed by atoms with Gasteiger partial charge in [-0.05, 0) is 77.7 Å². The van der Waals surface area contributed by atoms with Crippen molar-refractivity contribution in [3.63, 3.8) is 0 Å². The molecule has 10 nitrogen and oxygen atoms in total. The first-order valence-corrected chi connectivity index (χ1v) is 18.4. The van der Waals surface area contributed by atoms with E-state index in [2.05, 4.69) is 30.5 Å². The van der Waals surface area contributed by atoms with Gasteiger partial charge in [0.2, 0.25) is 20.0 Å². The summed E-state index contributed by atoms with van der Waals surface area (Å²) in [4.78, 5) is 17.0. The largest absolute Gasteiger partial charge is 0.481 e. The lowest BCUT2D eigenvalue weighted by Gasteiger charge is -2.35. The number of sulfonamides is 2. The molecule has 2 N–H and O–H groups in total. The lowest BCUT2D eigenvalue weighted by atomic mass is 9.87. The highest BCUT2D eigenvalue weighted by Crippen LogP contribution is 2.34. The molecule has 0 unspecified atom stereocenters. The molecule has 0 amide bonds. The van der Waals surface area contributed by atoms with Gasteiger partial charge in [-0.15, -0.1) is 0 Å². The monoisotopic (exact) mass is 724 g/mol. The highest BCUT2D eigenvalue weighted by atomic mass is 79.9. The number of halogens is 3. The second-order valence-corrected chi connectivity index (χ2v) is 16.1. The molecule has 0 radical (unpaired) electrons. The van der Waals surface area contributed by atoms with Crippen molar-refractivity contribution < 1.29 is 26.7 Å². The molecule has 0 aliphatic carbocycles. The molecule has 3 heterocycles. The van der Waals surface area contributed by atoms with Gasteiger partial charge < -0.3 is 10.0 Å². The van der Waals surface area contributed by atoms with Crippen molar-refractivity contribution in [3.05, 3.63) is 45.1 Å². The number of nitrogens with one attached hydrogen (secondary N) is 1. The van der Waals surface area contributed by atoms with Crippen LogP contribution in [0.5, 0.6) is 0 Å². The minimum absolute atomic E-state index is 0.00928. The van der Waals surface area contributed by atoms with Crippen LogP contribution in [-0.4, -0.2) is 69.9 Å². The third-order valence-electron chi connectivity index (χ3n) is 8.02. The molecule has 1 aromatic carbocycles. The number of carboxylic acid groups (broad SMARTS) is 1. The average Bonchev–Trinajstić information content (AvgIpc) is 2.95. The normalized spacial score (nSPS) is 17.9. The fourth-order valence-electron chi connectivity index (χ4n) is 5.58. The molecule has 2 saturated heterocycles. The zero-order valence-corrected chi connectivity index (χ0v) is 27.7. The maximum Gasteiger partial charge on any atom is 0.304 e. The number of nitrogens with zero attached hydrogens (tertiary/aromatic N) is 3. The first-order chi connectivity index (χ1) is 19.9. The van der Waals surface area contributed by atoms with Crippen LogP contribution in [0.15, 0.2) is 44.7 Å². The molecule has 42 heavy (non-hydrogen) atoms. The Morgan fingerprint density at radius 1 is 0.976 bits per heavy atom. The second-order valence-electron chi connectivity index (χ2n) is 10.8. The van der Waals surface area contributed by atoms with Crippen molar-refractivity contribution in [2.45, 2.75) is 61.2 Å². The van der Waals surface area contributed by atoms with E-state index in [9.17, 15) is 21.6 Å². The predicted octanol–water partition coefficient (Wildman–Crippen LogP) is 5.39. The maximum absolute atomic E-state index is 13.0. The van der Waals surface area contributed by atoms with Crippen LogP contribution >= 0.6 is 39.1 Å². The Balaban J connectivity index is 1.19. The van der Waals surface area contributed by atoms with Crippen LogP contribution < -0.4 is 9.62 Å². The van der Waals surface area contributed by atoms with Crippen LogP contribution in [0.3, 0.4) is 0 Å². The second kappa shape index (κ2) is 14.5. The highest BCUT2D eigenvalue weighted by molar-refractivity contribution is 9.10. The molecule has 2 aromatic rings. The minimum Gasteiger partial charge on any atom is -0.481 e. The predicted molar refractivity (Wildman–Crippen MR) is 166 cm³/mol. The van der Waals surface area contributed by atoms with Gasteiger partial charge in [0, 0.05) is 38.9 Å². The van der Waals surface area contributed by atoms with Crippen molar-refractivity contribution in [3.8, 4) is 0 Å². The molecule has 232 valence electrons. The Morgan fingerprint density at radius 2 is 1.60 bits per heavy atom. The molecule has 2 fully saturated rings. The van der Waals surface area contributed by atoms with E-state index >= 15 is 0 Å². The first kappa shape index (κ1) is 33.4. The Labute approximate surface area is 266 Å². The van der Waals surface area contributed by atoms with E-state index in [1.54, 1.807) is 10.4 Å². The Kier molecular flexibility index (Phi) is 11.6. The van der Waals surface area contributed by atoms with Crippen LogP contribution in [0.1, 0.15) is 51.4 Å². The third-order valence-corrected chi connectivity index (χ3v) is 12.8. The van der Waals surface area contributed by atoms with Crippen LogP contribution in [0.2, 0.25) is 10.2 Å². The van der Waals surface area contributed by atoms with E-state index < -0.39 is 26.0 Å². The third kappa shape index (κ3) is 8.58. The number of benzene rings is 1. The quantitative estimate of drug-likeness (QED) is 0.278. The minimum atomic E-state index is -3.84. The van der Waals surface area contributed by atoms with E-state index in [0.29, 0.717) is 34.4 Å². The van der Waals surface area contributed by atoms with Crippen molar-refractivity contribution in [2.24, 2.45) is 11.8 Å². The van der Waals surface area contributed by atoms with Crippen molar-refractivity contribution in [1.29, 1.82) is 0 Å². The Hall–Kier alpha value is -1.48. The van der Waals surface area contributed by atoms with Gasteiger partial charge in [-0.1, -0.05) is 42.5 Å². The first-order valence-electron chi connectivity index (χ1n) is 13.9. The fourth-order valence-corrected chi connectivity index (χ4v) is 9.05. The molecule has 2 aliphatic rings. The fraction of sp³-hybridized carbons (Fsp3) is 0.556. The zero-order chi connectivity index (χ0) is 30.5. The maximum atomic E-state index is 13.0. The van der Waals surface area contributed by atoms with Gasteiger partial charge in [-0.25, -0.2) is 26.5 Å². The Bertz CT molecular complexity index is 1480. The van der Waals surface area contributed by atoms with E-state index in [0.717, 1.165) is 63.7 Å². The SMILES string of the molecule is O=C(O)CCNS(=O)(=O)c1ccc(N2CCC(CCCC3CCN(S(=O)(=O)c4cnc(Cl)c(Br)c4)CC3)CC2)c(Cl)c1. The van der Waals surface area contributed by atoms with Crippen molar-refractivity contribution in [1.82, 2.24) is 14.0 Å². The van der Waals surface area contributed by atoms with Gasteiger partial charge >= 0.3 is 5.97 Å². The number of anilines is 1. The van der Waals surface area contributed by atoms with E-state index in [-0.39, 0.29) is 27.9 Å².